The Balaban J connectivity index is 0.000000788. The average molecular weight is 639 g/mol. The Morgan fingerprint density at radius 1 is 0.956 bits per heavy atom. The van der Waals surface area contributed by atoms with Gasteiger partial charge in [-0.3, -0.25) is 14.6 Å². The van der Waals surface area contributed by atoms with Gasteiger partial charge in [0.05, 0.1) is 6.10 Å². The molecule has 45 heavy (non-hydrogen) atoms. The van der Waals surface area contributed by atoms with Crippen molar-refractivity contribution in [1.82, 2.24) is 4.90 Å². The number of aryl methyl sites for hydroxylation is 2. The van der Waals surface area contributed by atoms with Crippen molar-refractivity contribution in [3.63, 3.8) is 0 Å². The van der Waals surface area contributed by atoms with Gasteiger partial charge in [0.15, 0.2) is 0 Å². The Hall–Kier alpha value is -4.15. The number of carboxylic acid groups (broad SMARTS) is 1. The van der Waals surface area contributed by atoms with Crippen LogP contribution in [0.5, 0.6) is 0 Å². The maximum absolute atomic E-state index is 12.9. The molecule has 1 aromatic heterocycles. The fraction of sp³-hybridized carbons (Fsp3) is 0.400. The number of aromatic carboxylic acids is 1. The molecule has 1 fully saturated rings. The summed E-state index contributed by atoms with van der Waals surface area (Å²) in [4.78, 5) is 56.7. The lowest BCUT2D eigenvalue weighted by Crippen LogP contribution is -2.36. The van der Waals surface area contributed by atoms with Crippen LogP contribution in [-0.2, 0) is 26.2 Å². The Morgan fingerprint density at radius 2 is 1.56 bits per heavy atom. The monoisotopic (exact) mass is 638 g/mol. The number of hydrogen-bond acceptors (Lipinski definition) is 7. The quantitative estimate of drug-likeness (QED) is 0.224. The van der Waals surface area contributed by atoms with Crippen LogP contribution in [0.25, 0.3) is 0 Å². The van der Waals surface area contributed by atoms with E-state index in [4.69, 9.17) is 14.7 Å². The molecule has 0 spiro atoms. The number of amides is 3. The summed E-state index contributed by atoms with van der Waals surface area (Å²) in [5.41, 5.74) is 2.53. The van der Waals surface area contributed by atoms with E-state index in [-0.39, 0.29) is 11.9 Å². The first-order valence-electron chi connectivity index (χ1n) is 14.8. The minimum Gasteiger partial charge on any atom is -0.477 e. The third-order valence-corrected chi connectivity index (χ3v) is 8.82. The number of aliphatic hydroxyl groups is 1. The number of imide groups is 1. The predicted octanol–water partition coefficient (Wildman–Crippen LogP) is 6.69. The molecule has 10 heteroatoms. The van der Waals surface area contributed by atoms with Gasteiger partial charge in [-0.25, -0.2) is 9.59 Å². The molecule has 0 aliphatic carbocycles. The van der Waals surface area contributed by atoms with E-state index >= 15 is 0 Å². The molecule has 1 aliphatic heterocycles. The zero-order chi connectivity index (χ0) is 34.2. The second kappa shape index (κ2) is 19.3. The highest BCUT2D eigenvalue weighted by Crippen LogP contribution is 2.34. The van der Waals surface area contributed by atoms with Crippen LogP contribution in [0.3, 0.4) is 0 Å². The first kappa shape index (κ1) is 38.9. The lowest BCUT2D eigenvalue weighted by atomic mass is 9.77. The largest absolute Gasteiger partial charge is 0.477 e. The summed E-state index contributed by atoms with van der Waals surface area (Å²) < 4.78 is 0. The summed E-state index contributed by atoms with van der Waals surface area (Å²) in [5.74, 6) is -1.17. The smallest absolute Gasteiger partial charge is 0.345 e. The highest BCUT2D eigenvalue weighted by Gasteiger charge is 2.43. The third-order valence-electron chi connectivity index (χ3n) is 7.69. The number of unbranched alkanes of at least 4 members (excludes halogenated alkanes) is 1. The number of hydrogen-bond donors (Lipinski definition) is 2. The lowest BCUT2D eigenvalue weighted by Gasteiger charge is -2.32. The Labute approximate surface area is 270 Å². The van der Waals surface area contributed by atoms with E-state index in [0.717, 1.165) is 34.6 Å². The normalized spacial score (nSPS) is 14.8. The summed E-state index contributed by atoms with van der Waals surface area (Å²) in [6.07, 6.45) is 4.04. The Kier molecular flexibility index (Phi) is 16.7. The summed E-state index contributed by atoms with van der Waals surface area (Å²) in [6, 6.07) is 20.3. The van der Waals surface area contributed by atoms with Crippen LogP contribution in [0.4, 0.5) is 10.5 Å². The average Bonchev–Trinajstić information content (AvgIpc) is 3.62. The first-order valence-corrected chi connectivity index (χ1v) is 15.6. The van der Waals surface area contributed by atoms with Crippen molar-refractivity contribution in [3.05, 3.63) is 87.6 Å². The molecule has 2 aromatic carbocycles. The van der Waals surface area contributed by atoms with Crippen molar-refractivity contribution in [2.45, 2.75) is 83.8 Å². The molecule has 2 heterocycles. The molecule has 0 radical (unpaired) electrons. The Morgan fingerprint density at radius 3 is 2.04 bits per heavy atom. The molecule has 4 rings (SSSR count). The standard InChI is InChI=1S/C26H34N2O5S.C7H8.2CH2O/c1-5-6-10-22(29)26(2,3)17-11-13-18(14-12-17)28-20(23(30)27(4)25(28)33)9-7-8-19-15-16-21(34-19)24(31)32;1-7-5-3-2-4-6-7;2*1-2/h11-16,20,22,29H,5-10H2,1-4H3,(H,31,32);2-6H,1H3;2*1H2. The number of benzene rings is 2. The number of nitrogens with zero attached hydrogens (tertiary/aromatic N) is 2. The van der Waals surface area contributed by atoms with E-state index in [9.17, 15) is 19.5 Å². The molecule has 2 N–H and O–H groups in total. The molecule has 2 unspecified atom stereocenters. The number of rotatable bonds is 11. The zero-order valence-corrected chi connectivity index (χ0v) is 27.7. The zero-order valence-electron chi connectivity index (χ0n) is 26.9. The number of likely N-dealkylation sites (N-methyl/N-ethyl adjacent to an activating group) is 1. The van der Waals surface area contributed by atoms with Gasteiger partial charge in [-0.2, -0.15) is 0 Å². The van der Waals surface area contributed by atoms with Gasteiger partial charge >= 0.3 is 12.0 Å². The predicted molar refractivity (Wildman–Crippen MR) is 179 cm³/mol. The summed E-state index contributed by atoms with van der Waals surface area (Å²) >= 11 is 1.24. The molecule has 2 atom stereocenters. The Bertz CT molecular complexity index is 1340. The lowest BCUT2D eigenvalue weighted by molar-refractivity contribution is -0.126. The van der Waals surface area contributed by atoms with E-state index in [1.165, 1.54) is 23.9 Å². The summed E-state index contributed by atoms with van der Waals surface area (Å²) in [5, 5.41) is 19.8. The van der Waals surface area contributed by atoms with Crippen LogP contribution < -0.4 is 4.90 Å². The molecule has 244 valence electrons. The van der Waals surface area contributed by atoms with Crippen LogP contribution in [-0.4, -0.2) is 65.8 Å². The van der Waals surface area contributed by atoms with E-state index in [1.807, 2.05) is 69.9 Å². The summed E-state index contributed by atoms with van der Waals surface area (Å²) in [7, 11) is 1.50. The fourth-order valence-corrected chi connectivity index (χ4v) is 5.79. The van der Waals surface area contributed by atoms with Crippen LogP contribution >= 0.6 is 11.3 Å². The SMILES string of the molecule is C=O.C=O.CCCCC(O)C(C)(C)c1ccc(N2C(=O)N(C)C(=O)C2CCCc2ccc(C(=O)O)s2)cc1.Cc1ccccc1. The van der Waals surface area contributed by atoms with Crippen LogP contribution in [0.1, 0.15) is 78.6 Å². The number of anilines is 1. The van der Waals surface area contributed by atoms with Crippen molar-refractivity contribution >= 4 is 48.5 Å². The minimum absolute atomic E-state index is 0.234. The van der Waals surface area contributed by atoms with Gasteiger partial charge in [0.25, 0.3) is 5.91 Å². The van der Waals surface area contributed by atoms with Gasteiger partial charge < -0.3 is 19.8 Å². The highest BCUT2D eigenvalue weighted by atomic mass is 32.1. The maximum Gasteiger partial charge on any atom is 0.345 e. The van der Waals surface area contributed by atoms with Crippen molar-refractivity contribution in [1.29, 1.82) is 0 Å². The van der Waals surface area contributed by atoms with Gasteiger partial charge in [0.1, 0.15) is 24.5 Å². The maximum atomic E-state index is 12.9. The molecular formula is C35H46N2O7S. The second-order valence-corrected chi connectivity index (χ2v) is 12.3. The van der Waals surface area contributed by atoms with Gasteiger partial charge in [0.2, 0.25) is 0 Å². The molecule has 1 saturated heterocycles. The molecule has 1 aliphatic rings. The first-order chi connectivity index (χ1) is 21.5. The van der Waals surface area contributed by atoms with Gasteiger partial charge in [-0.15, -0.1) is 11.3 Å². The molecule has 3 aromatic rings. The molecule has 9 nitrogen and oxygen atoms in total. The van der Waals surface area contributed by atoms with Gasteiger partial charge in [0, 0.05) is 23.0 Å². The van der Waals surface area contributed by atoms with E-state index in [1.54, 1.807) is 17.0 Å². The number of carbonyl (C=O) groups is 5. The molecule has 0 bridgehead atoms. The van der Waals surface area contributed by atoms with Crippen molar-refractivity contribution in [3.8, 4) is 0 Å². The van der Waals surface area contributed by atoms with Crippen LogP contribution in [0.2, 0.25) is 0 Å². The van der Waals surface area contributed by atoms with Crippen LogP contribution in [0, 0.1) is 6.92 Å². The number of carboxylic acids is 1. The van der Waals surface area contributed by atoms with E-state index in [2.05, 4.69) is 26.0 Å². The number of urea groups is 1. The van der Waals surface area contributed by atoms with Crippen LogP contribution in [0.15, 0.2) is 66.7 Å². The molecule has 3 amide bonds. The highest BCUT2D eigenvalue weighted by molar-refractivity contribution is 7.13. The van der Waals surface area contributed by atoms with Crippen molar-refractivity contribution in [2.24, 2.45) is 0 Å². The van der Waals surface area contributed by atoms with E-state index in [0.29, 0.717) is 29.8 Å². The number of thiophene rings is 1. The second-order valence-electron chi connectivity index (χ2n) is 11.1. The van der Waals surface area contributed by atoms with Gasteiger partial charge in [-0.05, 0) is 62.4 Å². The van der Waals surface area contributed by atoms with Gasteiger partial charge in [-0.1, -0.05) is 81.6 Å². The fourth-order valence-electron chi connectivity index (χ4n) is 4.90. The topological polar surface area (TPSA) is 132 Å². The summed E-state index contributed by atoms with van der Waals surface area (Å²) in [6.45, 7) is 12.2. The number of carbonyl (C=O) groups excluding carboxylic acids is 4. The van der Waals surface area contributed by atoms with Crippen molar-refractivity contribution in [2.75, 3.05) is 11.9 Å². The number of aliphatic hydroxyl groups excluding tert-OH is 1. The van der Waals surface area contributed by atoms with E-state index < -0.39 is 23.5 Å². The van der Waals surface area contributed by atoms with Crippen molar-refractivity contribution < 1.29 is 34.2 Å². The molecule has 0 saturated carbocycles. The third kappa shape index (κ3) is 10.8. The minimum atomic E-state index is -0.940. The molecular weight excluding hydrogens is 592 g/mol.